The molecule has 27 heavy (non-hydrogen) atoms. The third-order valence-electron chi connectivity index (χ3n) is 6.82. The minimum atomic E-state index is 0.136. The number of nitrogens with one attached hydrogen (secondary N) is 2. The number of aryl methyl sites for hydroxylation is 1. The second-order valence-corrected chi connectivity index (χ2v) is 8.72. The first kappa shape index (κ1) is 18.3. The summed E-state index contributed by atoms with van der Waals surface area (Å²) in [4.78, 5) is 23.2. The Morgan fingerprint density at radius 1 is 1.19 bits per heavy atom. The van der Waals surface area contributed by atoms with Gasteiger partial charge in [-0.25, -0.2) is 4.98 Å². The summed E-state index contributed by atoms with van der Waals surface area (Å²) < 4.78 is 0. The van der Waals surface area contributed by atoms with Crippen molar-refractivity contribution in [1.29, 1.82) is 0 Å². The molecule has 5 heteroatoms. The first-order valence-corrected chi connectivity index (χ1v) is 10.5. The van der Waals surface area contributed by atoms with Gasteiger partial charge in [0.25, 0.3) is 0 Å². The molecule has 3 unspecified atom stereocenters. The number of anilines is 1. The Bertz CT molecular complexity index is 806. The number of aromatic nitrogens is 2. The number of hydrogen-bond acceptors (Lipinski definition) is 3. The van der Waals surface area contributed by atoms with E-state index in [-0.39, 0.29) is 11.8 Å². The Labute approximate surface area is 161 Å². The fourth-order valence-corrected chi connectivity index (χ4v) is 4.70. The van der Waals surface area contributed by atoms with E-state index in [9.17, 15) is 4.79 Å². The van der Waals surface area contributed by atoms with Crippen LogP contribution in [0.1, 0.15) is 51.5 Å². The van der Waals surface area contributed by atoms with Gasteiger partial charge in [0.05, 0.1) is 11.0 Å². The molecule has 4 rings (SSSR count). The molecular weight excluding hydrogens is 336 g/mol. The molecule has 2 heterocycles. The lowest BCUT2D eigenvalue weighted by atomic mass is 9.78. The summed E-state index contributed by atoms with van der Waals surface area (Å²) in [5, 5.41) is 3.37. The second-order valence-electron chi connectivity index (χ2n) is 8.72. The van der Waals surface area contributed by atoms with Crippen LogP contribution in [0, 0.1) is 24.7 Å². The number of benzene rings is 1. The fraction of sp³-hybridized carbons (Fsp3) is 0.636. The summed E-state index contributed by atoms with van der Waals surface area (Å²) in [6.07, 6.45) is 5.47. The molecule has 1 saturated heterocycles. The standard InChI is InChI=1S/C22H32N4O/c1-14-7-8-19-20(13-14)25-22(24-19)26-11-9-17(10-12-26)21(27)23-18-6-4-5-15(2)16(18)3/h7-8,13,15-18H,4-6,9-12H2,1-3H3,(H,23,27)(H,24,25). The van der Waals surface area contributed by atoms with E-state index in [0.29, 0.717) is 17.9 Å². The minimum Gasteiger partial charge on any atom is -0.353 e. The molecule has 2 fully saturated rings. The summed E-state index contributed by atoms with van der Waals surface area (Å²) in [5.41, 5.74) is 3.33. The monoisotopic (exact) mass is 368 g/mol. The van der Waals surface area contributed by atoms with Crippen molar-refractivity contribution in [2.45, 2.75) is 58.9 Å². The van der Waals surface area contributed by atoms with Gasteiger partial charge in [0.15, 0.2) is 0 Å². The minimum absolute atomic E-state index is 0.136. The van der Waals surface area contributed by atoms with Gasteiger partial charge in [0.2, 0.25) is 11.9 Å². The number of nitrogens with zero attached hydrogens (tertiary/aromatic N) is 2. The highest BCUT2D eigenvalue weighted by atomic mass is 16.2. The first-order valence-electron chi connectivity index (χ1n) is 10.5. The lowest BCUT2D eigenvalue weighted by Crippen LogP contribution is -2.48. The van der Waals surface area contributed by atoms with Crippen LogP contribution in [-0.2, 0) is 4.79 Å². The van der Waals surface area contributed by atoms with E-state index in [1.54, 1.807) is 0 Å². The van der Waals surface area contributed by atoms with Gasteiger partial charge in [-0.3, -0.25) is 4.79 Å². The highest BCUT2D eigenvalue weighted by molar-refractivity contribution is 5.80. The van der Waals surface area contributed by atoms with Crippen molar-refractivity contribution < 1.29 is 4.79 Å². The quantitative estimate of drug-likeness (QED) is 0.860. The van der Waals surface area contributed by atoms with Crippen molar-refractivity contribution >= 4 is 22.9 Å². The molecule has 2 N–H and O–H groups in total. The van der Waals surface area contributed by atoms with Crippen LogP contribution in [0.2, 0.25) is 0 Å². The number of amides is 1. The van der Waals surface area contributed by atoms with E-state index in [4.69, 9.17) is 4.98 Å². The van der Waals surface area contributed by atoms with Gasteiger partial charge in [0.1, 0.15) is 0 Å². The number of hydrogen-bond donors (Lipinski definition) is 2. The zero-order valence-electron chi connectivity index (χ0n) is 16.8. The molecule has 1 amide bonds. The Hall–Kier alpha value is -2.04. The van der Waals surface area contributed by atoms with Gasteiger partial charge in [-0.15, -0.1) is 0 Å². The highest BCUT2D eigenvalue weighted by Gasteiger charge is 2.32. The van der Waals surface area contributed by atoms with Crippen molar-refractivity contribution in [3.63, 3.8) is 0 Å². The van der Waals surface area contributed by atoms with Crippen LogP contribution in [0.3, 0.4) is 0 Å². The zero-order chi connectivity index (χ0) is 19.0. The van der Waals surface area contributed by atoms with E-state index >= 15 is 0 Å². The van der Waals surface area contributed by atoms with E-state index in [0.717, 1.165) is 49.3 Å². The molecule has 0 spiro atoms. The maximum atomic E-state index is 12.8. The van der Waals surface area contributed by atoms with Gasteiger partial charge >= 0.3 is 0 Å². The van der Waals surface area contributed by atoms with Crippen LogP contribution >= 0.6 is 0 Å². The average molecular weight is 369 g/mol. The Kier molecular flexibility index (Phi) is 5.11. The number of rotatable bonds is 3. The van der Waals surface area contributed by atoms with E-state index < -0.39 is 0 Å². The van der Waals surface area contributed by atoms with E-state index in [1.165, 1.54) is 18.4 Å². The van der Waals surface area contributed by atoms with Gasteiger partial charge in [-0.1, -0.05) is 32.8 Å². The van der Waals surface area contributed by atoms with Crippen LogP contribution in [0.4, 0.5) is 5.95 Å². The third-order valence-corrected chi connectivity index (χ3v) is 6.82. The summed E-state index contributed by atoms with van der Waals surface area (Å²) in [7, 11) is 0. The van der Waals surface area contributed by atoms with Gasteiger partial charge in [0, 0.05) is 25.0 Å². The fourth-order valence-electron chi connectivity index (χ4n) is 4.70. The molecule has 2 aliphatic rings. The topological polar surface area (TPSA) is 61.0 Å². The van der Waals surface area contributed by atoms with Crippen molar-refractivity contribution in [1.82, 2.24) is 15.3 Å². The Morgan fingerprint density at radius 2 is 1.96 bits per heavy atom. The number of carbonyl (C=O) groups excluding carboxylic acids is 1. The van der Waals surface area contributed by atoms with Crippen LogP contribution < -0.4 is 10.2 Å². The van der Waals surface area contributed by atoms with Gasteiger partial charge < -0.3 is 15.2 Å². The number of piperidine rings is 1. The maximum absolute atomic E-state index is 12.8. The van der Waals surface area contributed by atoms with Crippen LogP contribution in [0.25, 0.3) is 11.0 Å². The molecule has 1 aliphatic carbocycles. The largest absolute Gasteiger partial charge is 0.353 e. The lowest BCUT2D eigenvalue weighted by molar-refractivity contribution is -0.127. The predicted octanol–water partition coefficient (Wildman–Crippen LogP) is 4.03. The van der Waals surface area contributed by atoms with Crippen molar-refractivity contribution in [3.05, 3.63) is 23.8 Å². The predicted molar refractivity (Wildman–Crippen MR) is 110 cm³/mol. The third kappa shape index (κ3) is 3.83. The lowest BCUT2D eigenvalue weighted by Gasteiger charge is -2.37. The van der Waals surface area contributed by atoms with Crippen molar-refractivity contribution in [3.8, 4) is 0 Å². The number of imidazole rings is 1. The maximum Gasteiger partial charge on any atom is 0.223 e. The molecule has 1 aromatic heterocycles. The molecule has 1 saturated carbocycles. The molecular formula is C22H32N4O. The SMILES string of the molecule is Cc1ccc2nc(N3CCC(C(=O)NC4CCCC(C)C4C)CC3)[nH]c2c1. The molecule has 0 bridgehead atoms. The van der Waals surface area contributed by atoms with Crippen LogP contribution in [0.5, 0.6) is 0 Å². The molecule has 5 nitrogen and oxygen atoms in total. The summed E-state index contributed by atoms with van der Waals surface area (Å²) >= 11 is 0. The molecule has 146 valence electrons. The number of H-pyrrole nitrogens is 1. The first-order chi connectivity index (χ1) is 13.0. The number of fused-ring (bicyclic) bond motifs is 1. The summed E-state index contributed by atoms with van der Waals surface area (Å²) in [6.45, 7) is 8.47. The van der Waals surface area contributed by atoms with Gasteiger partial charge in [-0.05, 0) is 55.7 Å². The van der Waals surface area contributed by atoms with Crippen LogP contribution in [-0.4, -0.2) is 35.0 Å². The molecule has 0 radical (unpaired) electrons. The zero-order valence-corrected chi connectivity index (χ0v) is 16.8. The second kappa shape index (κ2) is 7.53. The Balaban J connectivity index is 1.34. The smallest absolute Gasteiger partial charge is 0.223 e. The van der Waals surface area contributed by atoms with Crippen LogP contribution in [0.15, 0.2) is 18.2 Å². The highest BCUT2D eigenvalue weighted by Crippen LogP contribution is 2.30. The molecule has 3 atom stereocenters. The van der Waals surface area contributed by atoms with E-state index in [2.05, 4.69) is 54.2 Å². The summed E-state index contributed by atoms with van der Waals surface area (Å²) in [6, 6.07) is 6.66. The summed E-state index contributed by atoms with van der Waals surface area (Å²) in [5.74, 6) is 2.63. The molecule has 1 aliphatic heterocycles. The van der Waals surface area contributed by atoms with E-state index in [1.807, 2.05) is 0 Å². The van der Waals surface area contributed by atoms with Crippen molar-refractivity contribution in [2.24, 2.45) is 17.8 Å². The Morgan fingerprint density at radius 3 is 2.74 bits per heavy atom. The number of carbonyl (C=O) groups is 1. The number of aromatic amines is 1. The normalized spacial score (nSPS) is 27.1. The van der Waals surface area contributed by atoms with Gasteiger partial charge in [-0.2, -0.15) is 0 Å². The average Bonchev–Trinajstić information content (AvgIpc) is 3.08. The van der Waals surface area contributed by atoms with Crippen molar-refractivity contribution in [2.75, 3.05) is 18.0 Å². The molecule has 2 aromatic rings. The molecule has 1 aromatic carbocycles.